The number of benzene rings is 1. The van der Waals surface area contributed by atoms with Crippen LogP contribution in [0.25, 0.3) is 0 Å². The molecule has 25 heavy (non-hydrogen) atoms. The summed E-state index contributed by atoms with van der Waals surface area (Å²) in [5.74, 6) is 0.996. The molecule has 0 aliphatic rings. The van der Waals surface area contributed by atoms with E-state index in [9.17, 15) is 0 Å². The molecule has 0 aliphatic carbocycles. The second-order valence-corrected chi connectivity index (χ2v) is 5.28. The van der Waals surface area contributed by atoms with E-state index in [2.05, 4.69) is 36.9 Å². The molecule has 0 unspecified atom stereocenters. The Labute approximate surface area is 151 Å². The summed E-state index contributed by atoms with van der Waals surface area (Å²) in [7, 11) is 1.76. The molecule has 0 atom stereocenters. The van der Waals surface area contributed by atoms with Gasteiger partial charge in [-0.15, -0.1) is 0 Å². The molecule has 0 amide bonds. The van der Waals surface area contributed by atoms with Gasteiger partial charge in [-0.25, -0.2) is 20.4 Å². The fourth-order valence-electron chi connectivity index (χ4n) is 2.35. The van der Waals surface area contributed by atoms with Crippen LogP contribution in [-0.4, -0.2) is 32.4 Å². The molecule has 0 saturated heterocycles. The number of carbonyl (C=O) groups excluding carboxylic acids is 2. The minimum absolute atomic E-state index is 0.750. The zero-order chi connectivity index (χ0) is 19.3. The number of ether oxygens (including phenoxy) is 1. The Balaban J connectivity index is 0. The predicted octanol–water partition coefficient (Wildman–Crippen LogP) is 4.68. The summed E-state index contributed by atoms with van der Waals surface area (Å²) in [5, 5.41) is 10.8. The molecule has 0 heterocycles. The number of hydrogen-bond acceptors (Lipinski definition) is 6. The van der Waals surface area contributed by atoms with E-state index < -0.39 is 0 Å². The lowest BCUT2D eigenvalue weighted by atomic mass is 10.2. The van der Waals surface area contributed by atoms with E-state index in [-0.39, 0.29) is 0 Å². The van der Waals surface area contributed by atoms with E-state index in [4.69, 9.17) is 25.1 Å². The number of nitrogens with zero attached hydrogens (tertiary/aromatic N) is 1. The van der Waals surface area contributed by atoms with Gasteiger partial charge in [0.05, 0.1) is 12.8 Å². The van der Waals surface area contributed by atoms with E-state index in [1.807, 2.05) is 6.07 Å². The highest BCUT2D eigenvalue weighted by Gasteiger charge is 2.10. The van der Waals surface area contributed by atoms with Crippen LogP contribution in [0.15, 0.2) is 24.3 Å². The van der Waals surface area contributed by atoms with Crippen molar-refractivity contribution in [3.05, 3.63) is 24.3 Å². The van der Waals surface area contributed by atoms with E-state index in [0.29, 0.717) is 0 Å². The smallest absolute Gasteiger partial charge is 0.231 e. The van der Waals surface area contributed by atoms with E-state index in [1.165, 1.54) is 44.2 Å². The Morgan fingerprint density at radius 3 is 1.76 bits per heavy atom. The van der Waals surface area contributed by atoms with Crippen molar-refractivity contribution < 1.29 is 14.3 Å². The van der Waals surface area contributed by atoms with Crippen molar-refractivity contribution in [3.63, 3.8) is 0 Å². The normalized spacial score (nSPS) is 8.60. The predicted molar refractivity (Wildman–Crippen MR) is 101 cm³/mol. The highest BCUT2D eigenvalue weighted by Crippen LogP contribution is 2.28. The zero-order valence-corrected chi connectivity index (χ0v) is 15.6. The number of unbranched alkanes of at least 4 members (excludes halogenated alkanes) is 4. The summed E-state index contributed by atoms with van der Waals surface area (Å²) in [6.07, 6.45) is 9.18. The van der Waals surface area contributed by atoms with Crippen molar-refractivity contribution >= 4 is 17.8 Å². The molecule has 6 nitrogen and oxygen atoms in total. The largest absolute Gasteiger partial charge is 0.495 e. The lowest BCUT2D eigenvalue weighted by Gasteiger charge is -2.26. The average molecular weight is 349 g/mol. The van der Waals surface area contributed by atoms with Gasteiger partial charge >= 0.3 is 0 Å². The van der Waals surface area contributed by atoms with Crippen LogP contribution in [0.1, 0.15) is 52.4 Å². The molecule has 1 aromatic carbocycles. The maximum Gasteiger partial charge on any atom is 0.231 e. The first-order valence-electron chi connectivity index (χ1n) is 8.62. The molecular weight excluding hydrogens is 318 g/mol. The fraction of sp³-hybridized carbons (Fsp3) is 0.579. The molecule has 1 aromatic rings. The minimum Gasteiger partial charge on any atom is -0.495 e. The van der Waals surface area contributed by atoms with Gasteiger partial charge in [0, 0.05) is 13.1 Å². The number of rotatable bonds is 10. The zero-order valence-electron chi connectivity index (χ0n) is 15.6. The Kier molecular flexibility index (Phi) is 19.5. The Morgan fingerprint density at radius 1 is 0.920 bits per heavy atom. The van der Waals surface area contributed by atoms with Crippen molar-refractivity contribution in [2.75, 3.05) is 25.1 Å². The SMILES string of the molecule is CCCCCN(CCCCC)c1ccccc1OC.N=C=O.N=C=O. The molecule has 2 N–H and O–H groups in total. The van der Waals surface area contributed by atoms with Crippen molar-refractivity contribution in [2.45, 2.75) is 52.4 Å². The molecule has 6 heteroatoms. The van der Waals surface area contributed by atoms with Gasteiger partial charge in [-0.2, -0.15) is 0 Å². The van der Waals surface area contributed by atoms with E-state index in [0.717, 1.165) is 31.0 Å². The molecule has 0 fully saturated rings. The van der Waals surface area contributed by atoms with Gasteiger partial charge in [-0.1, -0.05) is 51.7 Å². The molecule has 0 aliphatic heterocycles. The third-order valence-electron chi connectivity index (χ3n) is 3.49. The molecule has 140 valence electrons. The van der Waals surface area contributed by atoms with E-state index in [1.54, 1.807) is 7.11 Å². The third-order valence-corrected chi connectivity index (χ3v) is 3.49. The van der Waals surface area contributed by atoms with Crippen molar-refractivity contribution in [1.82, 2.24) is 0 Å². The third kappa shape index (κ3) is 13.7. The highest BCUT2D eigenvalue weighted by molar-refractivity contribution is 5.58. The van der Waals surface area contributed by atoms with Crippen molar-refractivity contribution in [1.29, 1.82) is 10.8 Å². The first-order chi connectivity index (χ1) is 12.2. The minimum atomic E-state index is 0.750. The van der Waals surface area contributed by atoms with Crippen molar-refractivity contribution in [3.8, 4) is 5.75 Å². The number of nitrogens with one attached hydrogen (secondary N) is 2. The number of isocyanates is 2. The van der Waals surface area contributed by atoms with Gasteiger partial charge in [-0.05, 0) is 25.0 Å². The number of hydrogen-bond donors (Lipinski definition) is 2. The number of methoxy groups -OCH3 is 1. The molecule has 0 saturated carbocycles. The van der Waals surface area contributed by atoms with Crippen molar-refractivity contribution in [2.24, 2.45) is 0 Å². The molecule has 0 radical (unpaired) electrons. The van der Waals surface area contributed by atoms with Gasteiger partial charge in [0.1, 0.15) is 5.75 Å². The summed E-state index contributed by atoms with van der Waals surface area (Å²) in [5.41, 5.74) is 1.25. The van der Waals surface area contributed by atoms with Gasteiger partial charge in [0.15, 0.2) is 0 Å². The standard InChI is InChI=1S/C17H29NO.2CHNO/c1-4-6-10-14-18(15-11-7-5-2)16-12-8-9-13-17(16)19-3;2*2-1-3/h8-9,12-13H,4-7,10-11,14-15H2,1-3H3;2*2H. The average Bonchev–Trinajstić information content (AvgIpc) is 2.62. The monoisotopic (exact) mass is 349 g/mol. The second-order valence-electron chi connectivity index (χ2n) is 5.28. The number of para-hydroxylation sites is 2. The summed E-state index contributed by atoms with van der Waals surface area (Å²) in [6, 6.07) is 8.38. The van der Waals surface area contributed by atoms with Crippen LogP contribution in [0, 0.1) is 10.8 Å². The van der Waals surface area contributed by atoms with Crippen LogP contribution in [-0.2, 0) is 9.59 Å². The van der Waals surface area contributed by atoms with Gasteiger partial charge in [0.25, 0.3) is 0 Å². The van der Waals surface area contributed by atoms with Crippen LogP contribution >= 0.6 is 0 Å². The maximum atomic E-state index is 8.35. The first kappa shape index (κ1) is 24.8. The van der Waals surface area contributed by atoms with Crippen LogP contribution < -0.4 is 9.64 Å². The highest BCUT2D eigenvalue weighted by atomic mass is 16.5. The summed E-state index contributed by atoms with van der Waals surface area (Å²) >= 11 is 0. The Hall–Kier alpha value is -2.42. The summed E-state index contributed by atoms with van der Waals surface area (Å²) in [6.45, 7) is 6.78. The van der Waals surface area contributed by atoms with Crippen LogP contribution in [0.5, 0.6) is 5.75 Å². The number of anilines is 1. The quantitative estimate of drug-likeness (QED) is 0.364. The summed E-state index contributed by atoms with van der Waals surface area (Å²) in [4.78, 5) is 19.2. The van der Waals surface area contributed by atoms with E-state index >= 15 is 0 Å². The van der Waals surface area contributed by atoms with Gasteiger partial charge in [0.2, 0.25) is 12.2 Å². The molecular formula is C19H31N3O3. The molecule has 0 spiro atoms. The van der Waals surface area contributed by atoms with Crippen LogP contribution in [0.2, 0.25) is 0 Å². The van der Waals surface area contributed by atoms with Gasteiger partial charge in [-0.3, -0.25) is 0 Å². The van der Waals surface area contributed by atoms with Crippen LogP contribution in [0.4, 0.5) is 5.69 Å². The molecule has 0 bridgehead atoms. The maximum absolute atomic E-state index is 8.35. The topological polar surface area (TPSA) is 94.3 Å². The Morgan fingerprint density at radius 2 is 1.36 bits per heavy atom. The lowest BCUT2D eigenvalue weighted by molar-refractivity contribution is 0.413. The fourth-order valence-corrected chi connectivity index (χ4v) is 2.35. The lowest BCUT2D eigenvalue weighted by Crippen LogP contribution is -2.26. The first-order valence-corrected chi connectivity index (χ1v) is 8.62. The summed E-state index contributed by atoms with van der Waals surface area (Å²) < 4.78 is 5.50. The van der Waals surface area contributed by atoms with Gasteiger partial charge < -0.3 is 9.64 Å². The molecule has 1 rings (SSSR count). The molecule has 0 aromatic heterocycles. The Bertz CT molecular complexity index is 472. The second kappa shape index (κ2) is 19.6. The van der Waals surface area contributed by atoms with Crippen LogP contribution in [0.3, 0.4) is 0 Å².